The standard InChI is InChI=1S/C15H17NO4/c17-9-11-5-7-16(13(11)15(18)19)14-12-4-2-1-3-10(12)6-8-20-14/h1-4,9,11,13-14H,5-8H2,(H,18,19)/t11?,13-,14?/m0/s1. The van der Waals surface area contributed by atoms with Gasteiger partial charge in [-0.3, -0.25) is 9.69 Å². The molecule has 20 heavy (non-hydrogen) atoms. The third-order valence-corrected chi connectivity index (χ3v) is 4.18. The number of rotatable bonds is 3. The van der Waals surface area contributed by atoms with E-state index in [1.165, 1.54) is 5.56 Å². The molecule has 2 aliphatic heterocycles. The number of carboxylic acid groups (broad SMARTS) is 1. The van der Waals surface area contributed by atoms with Crippen LogP contribution in [0.2, 0.25) is 0 Å². The number of fused-ring (bicyclic) bond motifs is 1. The van der Waals surface area contributed by atoms with Crippen LogP contribution in [0.15, 0.2) is 24.3 Å². The summed E-state index contributed by atoms with van der Waals surface area (Å²) in [6.07, 6.45) is 1.82. The average molecular weight is 275 g/mol. The topological polar surface area (TPSA) is 66.8 Å². The summed E-state index contributed by atoms with van der Waals surface area (Å²) in [5.74, 6) is -1.41. The Kier molecular flexibility index (Phi) is 3.54. The minimum atomic E-state index is -0.953. The second kappa shape index (κ2) is 5.34. The van der Waals surface area contributed by atoms with E-state index in [4.69, 9.17) is 4.74 Å². The molecule has 0 aliphatic carbocycles. The summed E-state index contributed by atoms with van der Waals surface area (Å²) < 4.78 is 5.81. The van der Waals surface area contributed by atoms with Crippen LogP contribution >= 0.6 is 0 Å². The van der Waals surface area contributed by atoms with Gasteiger partial charge in [0.2, 0.25) is 0 Å². The van der Waals surface area contributed by atoms with Gasteiger partial charge in [-0.1, -0.05) is 24.3 Å². The Morgan fingerprint density at radius 1 is 1.40 bits per heavy atom. The molecule has 1 N–H and O–H groups in total. The Balaban J connectivity index is 1.93. The molecule has 5 heteroatoms. The minimum absolute atomic E-state index is 0.356. The first-order chi connectivity index (χ1) is 9.72. The zero-order valence-corrected chi connectivity index (χ0v) is 11.1. The average Bonchev–Trinajstić information content (AvgIpc) is 2.90. The quantitative estimate of drug-likeness (QED) is 0.840. The van der Waals surface area contributed by atoms with E-state index in [1.54, 1.807) is 4.90 Å². The highest BCUT2D eigenvalue weighted by molar-refractivity contribution is 5.79. The molecule has 2 aliphatic rings. The number of ether oxygens (including phenoxy) is 1. The van der Waals surface area contributed by atoms with Gasteiger partial charge in [0.25, 0.3) is 0 Å². The van der Waals surface area contributed by atoms with Crippen molar-refractivity contribution in [2.24, 2.45) is 5.92 Å². The Labute approximate surface area is 117 Å². The SMILES string of the molecule is O=CC1CCN(C2OCCc3ccccc32)[C@@H]1C(=O)O. The lowest BCUT2D eigenvalue weighted by atomic mass is 9.99. The van der Waals surface area contributed by atoms with E-state index in [0.29, 0.717) is 19.6 Å². The lowest BCUT2D eigenvalue weighted by Crippen LogP contribution is -2.44. The molecule has 0 aromatic heterocycles. The highest BCUT2D eigenvalue weighted by Crippen LogP contribution is 2.36. The number of carbonyl (C=O) groups is 2. The number of aliphatic carboxylic acids is 1. The monoisotopic (exact) mass is 275 g/mol. The molecule has 1 fully saturated rings. The van der Waals surface area contributed by atoms with E-state index in [2.05, 4.69) is 0 Å². The maximum Gasteiger partial charge on any atom is 0.321 e. The van der Waals surface area contributed by atoms with Crippen molar-refractivity contribution in [3.05, 3.63) is 35.4 Å². The van der Waals surface area contributed by atoms with Crippen molar-refractivity contribution in [1.29, 1.82) is 0 Å². The third-order valence-electron chi connectivity index (χ3n) is 4.18. The lowest BCUT2D eigenvalue weighted by molar-refractivity contribution is -0.152. The normalized spacial score (nSPS) is 29.9. The van der Waals surface area contributed by atoms with Gasteiger partial charge in [0.1, 0.15) is 18.6 Å². The molecule has 3 atom stereocenters. The molecule has 5 nitrogen and oxygen atoms in total. The van der Waals surface area contributed by atoms with Crippen LogP contribution < -0.4 is 0 Å². The predicted molar refractivity (Wildman–Crippen MR) is 71.1 cm³/mol. The van der Waals surface area contributed by atoms with Gasteiger partial charge in [-0.2, -0.15) is 0 Å². The smallest absolute Gasteiger partial charge is 0.321 e. The minimum Gasteiger partial charge on any atom is -0.480 e. The molecular formula is C15H17NO4. The molecule has 1 aromatic rings. The van der Waals surface area contributed by atoms with Crippen LogP contribution in [0.4, 0.5) is 0 Å². The van der Waals surface area contributed by atoms with Crippen LogP contribution in [0, 0.1) is 5.92 Å². The number of carbonyl (C=O) groups excluding carboxylic acids is 1. The van der Waals surface area contributed by atoms with Crippen molar-refractivity contribution >= 4 is 12.3 Å². The summed E-state index contributed by atoms with van der Waals surface area (Å²) in [7, 11) is 0. The summed E-state index contributed by atoms with van der Waals surface area (Å²) >= 11 is 0. The first-order valence-electron chi connectivity index (χ1n) is 6.85. The zero-order chi connectivity index (χ0) is 14.1. The number of hydrogen-bond donors (Lipinski definition) is 1. The van der Waals surface area contributed by atoms with E-state index in [0.717, 1.165) is 18.3 Å². The Morgan fingerprint density at radius 3 is 2.95 bits per heavy atom. The van der Waals surface area contributed by atoms with Gasteiger partial charge in [0.15, 0.2) is 0 Å². The summed E-state index contributed by atoms with van der Waals surface area (Å²) in [6.45, 7) is 1.15. The number of carboxylic acids is 1. The van der Waals surface area contributed by atoms with Gasteiger partial charge >= 0.3 is 5.97 Å². The molecular weight excluding hydrogens is 258 g/mol. The molecule has 3 rings (SSSR count). The lowest BCUT2D eigenvalue weighted by Gasteiger charge is -2.35. The van der Waals surface area contributed by atoms with Gasteiger partial charge in [-0.15, -0.1) is 0 Å². The van der Waals surface area contributed by atoms with Gasteiger partial charge in [0.05, 0.1) is 6.61 Å². The van der Waals surface area contributed by atoms with Crippen molar-refractivity contribution in [3.8, 4) is 0 Å². The van der Waals surface area contributed by atoms with E-state index >= 15 is 0 Å². The molecule has 0 amide bonds. The van der Waals surface area contributed by atoms with E-state index in [9.17, 15) is 14.7 Å². The first kappa shape index (κ1) is 13.3. The summed E-state index contributed by atoms with van der Waals surface area (Å²) in [4.78, 5) is 24.3. The molecule has 1 saturated heterocycles. The Bertz CT molecular complexity index is 530. The van der Waals surface area contributed by atoms with Crippen LogP contribution in [0.25, 0.3) is 0 Å². The molecule has 0 spiro atoms. The molecule has 2 heterocycles. The summed E-state index contributed by atoms with van der Waals surface area (Å²) in [5.41, 5.74) is 2.22. The van der Waals surface area contributed by atoms with Gasteiger partial charge in [-0.05, 0) is 24.0 Å². The highest BCUT2D eigenvalue weighted by Gasteiger charge is 2.44. The van der Waals surface area contributed by atoms with Crippen molar-refractivity contribution in [1.82, 2.24) is 4.90 Å². The fourth-order valence-electron chi connectivity index (χ4n) is 3.22. The summed E-state index contributed by atoms with van der Waals surface area (Å²) in [6, 6.07) is 7.15. The van der Waals surface area contributed by atoms with Gasteiger partial charge < -0.3 is 14.6 Å². The van der Waals surface area contributed by atoms with E-state index in [-0.39, 0.29) is 6.23 Å². The van der Waals surface area contributed by atoms with Crippen molar-refractivity contribution in [2.75, 3.05) is 13.2 Å². The fourth-order valence-corrected chi connectivity index (χ4v) is 3.22. The van der Waals surface area contributed by atoms with E-state index in [1.807, 2.05) is 24.3 Å². The van der Waals surface area contributed by atoms with Crippen LogP contribution in [0.1, 0.15) is 23.8 Å². The zero-order valence-electron chi connectivity index (χ0n) is 11.1. The Hall–Kier alpha value is -1.72. The van der Waals surface area contributed by atoms with Crippen LogP contribution in [0.3, 0.4) is 0 Å². The Morgan fingerprint density at radius 2 is 2.20 bits per heavy atom. The second-order valence-corrected chi connectivity index (χ2v) is 5.28. The van der Waals surface area contributed by atoms with Crippen molar-refractivity contribution in [2.45, 2.75) is 25.1 Å². The first-order valence-corrected chi connectivity index (χ1v) is 6.85. The number of likely N-dealkylation sites (tertiary alicyclic amines) is 1. The molecule has 0 saturated carbocycles. The maximum atomic E-state index is 11.5. The van der Waals surface area contributed by atoms with Crippen LogP contribution in [-0.2, 0) is 20.7 Å². The largest absolute Gasteiger partial charge is 0.480 e. The summed E-state index contributed by atoms with van der Waals surface area (Å²) in [5, 5.41) is 9.41. The molecule has 1 aromatic carbocycles. The predicted octanol–water partition coefficient (Wildman–Crippen LogP) is 1.23. The van der Waals surface area contributed by atoms with Gasteiger partial charge in [0, 0.05) is 12.5 Å². The number of hydrogen-bond acceptors (Lipinski definition) is 4. The fraction of sp³-hybridized carbons (Fsp3) is 0.467. The number of aldehydes is 1. The highest BCUT2D eigenvalue weighted by atomic mass is 16.5. The second-order valence-electron chi connectivity index (χ2n) is 5.28. The van der Waals surface area contributed by atoms with Gasteiger partial charge in [-0.25, -0.2) is 0 Å². The number of nitrogens with zero attached hydrogens (tertiary/aromatic N) is 1. The number of benzene rings is 1. The molecule has 106 valence electrons. The molecule has 0 radical (unpaired) electrons. The van der Waals surface area contributed by atoms with Crippen molar-refractivity contribution in [3.63, 3.8) is 0 Å². The molecule has 0 bridgehead atoms. The van der Waals surface area contributed by atoms with Crippen LogP contribution in [0.5, 0.6) is 0 Å². The van der Waals surface area contributed by atoms with Crippen molar-refractivity contribution < 1.29 is 19.4 Å². The molecule has 2 unspecified atom stereocenters. The third kappa shape index (κ3) is 2.13. The van der Waals surface area contributed by atoms with E-state index < -0.39 is 17.9 Å². The van der Waals surface area contributed by atoms with Crippen LogP contribution in [-0.4, -0.2) is 41.5 Å². The maximum absolute atomic E-state index is 11.5.